The van der Waals surface area contributed by atoms with Crippen LogP contribution in [-0.4, -0.2) is 43.7 Å². The van der Waals surface area contributed by atoms with Crippen molar-refractivity contribution in [2.45, 2.75) is 40.0 Å². The first-order valence-electron chi connectivity index (χ1n) is 7.62. The van der Waals surface area contributed by atoms with Crippen LogP contribution in [0.3, 0.4) is 0 Å². The molecule has 2 heterocycles. The van der Waals surface area contributed by atoms with E-state index < -0.39 is 0 Å². The summed E-state index contributed by atoms with van der Waals surface area (Å²) in [4.78, 5) is 20.5. The van der Waals surface area contributed by atoms with E-state index in [4.69, 9.17) is 0 Å². The molecule has 7 heteroatoms. The van der Waals surface area contributed by atoms with E-state index in [-0.39, 0.29) is 23.8 Å². The van der Waals surface area contributed by atoms with Crippen LogP contribution in [0, 0.1) is 12.3 Å². The molecule has 2 aromatic rings. The summed E-state index contributed by atoms with van der Waals surface area (Å²) < 4.78 is 1.55. The normalized spacial score (nSPS) is 11.8. The molecule has 0 aliphatic heterocycles. The van der Waals surface area contributed by atoms with E-state index in [1.807, 2.05) is 13.0 Å². The van der Waals surface area contributed by atoms with Crippen molar-refractivity contribution in [3.63, 3.8) is 0 Å². The first kappa shape index (κ1) is 16.4. The van der Waals surface area contributed by atoms with E-state index >= 15 is 0 Å². The summed E-state index contributed by atoms with van der Waals surface area (Å²) in [5.74, 6) is 0.221. The summed E-state index contributed by atoms with van der Waals surface area (Å²) >= 11 is 0. The number of hydrogen-bond acceptors (Lipinski definition) is 5. The largest absolute Gasteiger partial charge is 0.396 e. The molecule has 2 N–H and O–H groups in total. The summed E-state index contributed by atoms with van der Waals surface area (Å²) in [6, 6.07) is 1.81. The van der Waals surface area contributed by atoms with Gasteiger partial charge in [-0.3, -0.25) is 4.79 Å². The van der Waals surface area contributed by atoms with E-state index in [0.29, 0.717) is 18.7 Å². The predicted octanol–water partition coefficient (Wildman–Crippen LogP) is 1.35. The van der Waals surface area contributed by atoms with E-state index in [2.05, 4.69) is 34.2 Å². The molecule has 0 fully saturated rings. The predicted molar refractivity (Wildman–Crippen MR) is 82.6 cm³/mol. The number of fused-ring (bicyclic) bond motifs is 1. The highest BCUT2D eigenvalue weighted by Crippen LogP contribution is 2.29. The average Bonchev–Trinajstić information content (AvgIpc) is 2.97. The van der Waals surface area contributed by atoms with Crippen LogP contribution in [0.15, 0.2) is 12.3 Å². The third-order valence-electron chi connectivity index (χ3n) is 4.40. The zero-order chi connectivity index (χ0) is 16.2. The second kappa shape index (κ2) is 6.83. The fourth-order valence-electron chi connectivity index (χ4n) is 2.53. The molecular weight excluding hydrogens is 282 g/mol. The van der Waals surface area contributed by atoms with Crippen molar-refractivity contribution in [2.24, 2.45) is 5.41 Å². The second-order valence-electron chi connectivity index (χ2n) is 5.60. The molecule has 120 valence electrons. The minimum absolute atomic E-state index is 0.0856. The quantitative estimate of drug-likeness (QED) is 0.805. The number of amides is 1. The van der Waals surface area contributed by atoms with Gasteiger partial charge in [0.05, 0.1) is 0 Å². The van der Waals surface area contributed by atoms with Crippen LogP contribution in [0.1, 0.15) is 49.4 Å². The van der Waals surface area contributed by atoms with Crippen LogP contribution in [-0.2, 0) is 0 Å². The zero-order valence-corrected chi connectivity index (χ0v) is 13.3. The van der Waals surface area contributed by atoms with E-state index in [0.717, 1.165) is 18.5 Å². The van der Waals surface area contributed by atoms with Gasteiger partial charge in [0.1, 0.15) is 0 Å². The number of rotatable bonds is 7. The van der Waals surface area contributed by atoms with E-state index in [1.54, 1.807) is 10.7 Å². The van der Waals surface area contributed by atoms with Crippen LogP contribution in [0.4, 0.5) is 0 Å². The van der Waals surface area contributed by atoms with Crippen molar-refractivity contribution in [3.8, 4) is 0 Å². The van der Waals surface area contributed by atoms with Crippen LogP contribution in [0.25, 0.3) is 5.78 Å². The Balaban J connectivity index is 2.12. The molecule has 22 heavy (non-hydrogen) atoms. The molecule has 0 atom stereocenters. The molecule has 1 amide bonds. The van der Waals surface area contributed by atoms with Gasteiger partial charge in [-0.1, -0.05) is 13.8 Å². The summed E-state index contributed by atoms with van der Waals surface area (Å²) in [7, 11) is 0. The molecule has 0 aliphatic rings. The Morgan fingerprint density at radius 3 is 2.73 bits per heavy atom. The average molecular weight is 305 g/mol. The Morgan fingerprint density at radius 1 is 1.41 bits per heavy atom. The minimum Gasteiger partial charge on any atom is -0.396 e. The lowest BCUT2D eigenvalue weighted by atomic mass is 9.79. The summed E-state index contributed by atoms with van der Waals surface area (Å²) in [6.07, 6.45) is 4.09. The van der Waals surface area contributed by atoms with Gasteiger partial charge in [0.2, 0.25) is 5.82 Å². The molecule has 0 saturated carbocycles. The molecule has 0 spiro atoms. The lowest BCUT2D eigenvalue weighted by molar-refractivity contribution is 0.0897. The lowest BCUT2D eigenvalue weighted by Crippen LogP contribution is -2.38. The number of carbonyl (C=O) groups excluding carboxylic acids is 1. The smallest absolute Gasteiger partial charge is 0.291 e. The highest BCUT2D eigenvalue weighted by molar-refractivity contribution is 5.90. The van der Waals surface area contributed by atoms with Crippen molar-refractivity contribution >= 4 is 11.7 Å². The summed E-state index contributed by atoms with van der Waals surface area (Å²) in [5.41, 5.74) is 0.783. The molecule has 0 saturated heterocycles. The Labute approximate surface area is 129 Å². The third-order valence-corrected chi connectivity index (χ3v) is 4.40. The molecule has 2 rings (SSSR count). The topological polar surface area (TPSA) is 92.4 Å². The second-order valence-corrected chi connectivity index (χ2v) is 5.60. The van der Waals surface area contributed by atoms with Crippen molar-refractivity contribution in [2.75, 3.05) is 13.2 Å². The molecule has 7 nitrogen and oxygen atoms in total. The maximum Gasteiger partial charge on any atom is 0.291 e. The van der Waals surface area contributed by atoms with Gasteiger partial charge in [-0.25, -0.2) is 9.50 Å². The lowest BCUT2D eigenvalue weighted by Gasteiger charge is -2.31. The maximum absolute atomic E-state index is 12.3. The number of aromatic nitrogens is 4. The van der Waals surface area contributed by atoms with Crippen molar-refractivity contribution in [3.05, 3.63) is 23.8 Å². The van der Waals surface area contributed by atoms with Crippen molar-refractivity contribution in [1.29, 1.82) is 0 Å². The van der Waals surface area contributed by atoms with Gasteiger partial charge < -0.3 is 10.4 Å². The summed E-state index contributed by atoms with van der Waals surface area (Å²) in [6.45, 7) is 6.64. The Kier molecular flexibility index (Phi) is 5.07. The number of nitrogens with zero attached hydrogens (tertiary/aromatic N) is 4. The minimum atomic E-state index is -0.311. The molecule has 0 radical (unpaired) electrons. The van der Waals surface area contributed by atoms with Gasteiger partial charge in [-0.2, -0.15) is 4.98 Å². The fourth-order valence-corrected chi connectivity index (χ4v) is 2.53. The van der Waals surface area contributed by atoms with Crippen molar-refractivity contribution in [1.82, 2.24) is 24.9 Å². The Morgan fingerprint density at radius 2 is 2.14 bits per heavy atom. The van der Waals surface area contributed by atoms with E-state index in [9.17, 15) is 9.90 Å². The third kappa shape index (κ3) is 3.24. The number of carbonyl (C=O) groups is 1. The number of aliphatic hydroxyl groups excluding tert-OH is 1. The van der Waals surface area contributed by atoms with E-state index in [1.165, 1.54) is 0 Å². The first-order valence-corrected chi connectivity index (χ1v) is 7.62. The number of nitrogens with one attached hydrogen (secondary N) is 1. The Bertz CT molecular complexity index is 648. The molecule has 0 bridgehead atoms. The summed E-state index contributed by atoms with van der Waals surface area (Å²) in [5, 5.41) is 16.3. The maximum atomic E-state index is 12.3. The SMILES string of the molecule is CCC(CC)(CCO)CNC(=O)c1nc2nccc(C)n2n1. The number of aliphatic hydroxyl groups is 1. The standard InChI is InChI=1S/C15H23N5O2/c1-4-15(5-2,7-9-21)10-17-13(22)12-18-14-16-8-6-11(3)20(14)19-12/h6,8,21H,4-5,7,9-10H2,1-3H3,(H,17,22). The highest BCUT2D eigenvalue weighted by Gasteiger charge is 2.27. The molecule has 0 unspecified atom stereocenters. The highest BCUT2D eigenvalue weighted by atomic mass is 16.3. The number of aryl methyl sites for hydroxylation is 1. The fraction of sp³-hybridized carbons (Fsp3) is 0.600. The zero-order valence-electron chi connectivity index (χ0n) is 13.3. The van der Waals surface area contributed by atoms with Gasteiger partial charge >= 0.3 is 0 Å². The van der Waals surface area contributed by atoms with Gasteiger partial charge in [-0.05, 0) is 37.7 Å². The Hall–Kier alpha value is -2.02. The van der Waals surface area contributed by atoms with Gasteiger partial charge in [0, 0.05) is 25.0 Å². The van der Waals surface area contributed by atoms with Crippen LogP contribution < -0.4 is 5.32 Å². The van der Waals surface area contributed by atoms with Crippen LogP contribution >= 0.6 is 0 Å². The molecule has 0 aromatic carbocycles. The first-order chi connectivity index (χ1) is 10.5. The number of hydrogen-bond donors (Lipinski definition) is 2. The van der Waals surface area contributed by atoms with Crippen molar-refractivity contribution < 1.29 is 9.90 Å². The van der Waals surface area contributed by atoms with Gasteiger partial charge in [0.15, 0.2) is 0 Å². The molecule has 2 aromatic heterocycles. The molecule has 0 aliphatic carbocycles. The van der Waals surface area contributed by atoms with Crippen LogP contribution in [0.5, 0.6) is 0 Å². The van der Waals surface area contributed by atoms with Gasteiger partial charge in [-0.15, -0.1) is 5.10 Å². The van der Waals surface area contributed by atoms with Gasteiger partial charge in [0.25, 0.3) is 11.7 Å². The van der Waals surface area contributed by atoms with Crippen LogP contribution in [0.2, 0.25) is 0 Å². The molecular formula is C15H23N5O2. The monoisotopic (exact) mass is 305 g/mol.